The number of rotatable bonds is 4. The SMILES string of the molecule is O=C(CCC1CCCO1)c1ccc(Br)cn1. The Kier molecular flexibility index (Phi) is 4.07. The molecule has 0 aliphatic carbocycles. The molecule has 0 amide bonds. The highest BCUT2D eigenvalue weighted by molar-refractivity contribution is 9.10. The average molecular weight is 284 g/mol. The average Bonchev–Trinajstić information content (AvgIpc) is 2.80. The summed E-state index contributed by atoms with van der Waals surface area (Å²) < 4.78 is 6.37. The minimum atomic E-state index is 0.100. The highest BCUT2D eigenvalue weighted by atomic mass is 79.9. The molecule has 0 aromatic carbocycles. The van der Waals surface area contributed by atoms with Crippen molar-refractivity contribution in [3.05, 3.63) is 28.5 Å². The third-order valence-electron chi connectivity index (χ3n) is 2.73. The number of hydrogen-bond donors (Lipinski definition) is 0. The summed E-state index contributed by atoms with van der Waals surface area (Å²) in [5, 5.41) is 0. The van der Waals surface area contributed by atoms with E-state index in [4.69, 9.17) is 4.74 Å². The van der Waals surface area contributed by atoms with Gasteiger partial charge in [-0.1, -0.05) is 0 Å². The van der Waals surface area contributed by atoms with Gasteiger partial charge in [-0.2, -0.15) is 0 Å². The standard InChI is InChI=1S/C12H14BrNO2/c13-9-3-5-11(14-8-9)12(15)6-4-10-2-1-7-16-10/h3,5,8,10H,1-2,4,6-7H2. The van der Waals surface area contributed by atoms with E-state index < -0.39 is 0 Å². The Hall–Kier alpha value is -0.740. The lowest BCUT2D eigenvalue weighted by Gasteiger charge is -2.07. The molecule has 0 bridgehead atoms. The summed E-state index contributed by atoms with van der Waals surface area (Å²) in [4.78, 5) is 15.9. The smallest absolute Gasteiger partial charge is 0.181 e. The predicted octanol–water partition coefficient (Wildman–Crippen LogP) is 2.99. The topological polar surface area (TPSA) is 39.2 Å². The lowest BCUT2D eigenvalue weighted by atomic mass is 10.1. The molecule has 1 aliphatic heterocycles. The van der Waals surface area contributed by atoms with Crippen LogP contribution in [0.1, 0.15) is 36.2 Å². The molecule has 1 aromatic heterocycles. The summed E-state index contributed by atoms with van der Waals surface area (Å²) in [6.45, 7) is 0.843. The second-order valence-electron chi connectivity index (χ2n) is 3.96. The second-order valence-corrected chi connectivity index (χ2v) is 4.87. The maximum absolute atomic E-state index is 11.8. The summed E-state index contributed by atoms with van der Waals surface area (Å²) in [5.74, 6) is 0.100. The molecule has 1 atom stereocenters. The van der Waals surface area contributed by atoms with E-state index in [1.807, 2.05) is 6.07 Å². The Bertz CT molecular complexity index is 358. The number of carbonyl (C=O) groups is 1. The molecule has 2 heterocycles. The molecule has 0 saturated carbocycles. The van der Waals surface area contributed by atoms with Crippen molar-refractivity contribution in [3.8, 4) is 0 Å². The molecule has 3 nitrogen and oxygen atoms in total. The zero-order valence-electron chi connectivity index (χ0n) is 8.99. The van der Waals surface area contributed by atoms with Crippen molar-refractivity contribution in [3.63, 3.8) is 0 Å². The third kappa shape index (κ3) is 3.12. The number of carbonyl (C=O) groups excluding carboxylic acids is 1. The number of nitrogens with zero attached hydrogens (tertiary/aromatic N) is 1. The molecule has 1 saturated heterocycles. The number of halogens is 1. The second kappa shape index (κ2) is 5.55. The monoisotopic (exact) mass is 283 g/mol. The summed E-state index contributed by atoms with van der Waals surface area (Å²) in [5.41, 5.74) is 0.543. The zero-order chi connectivity index (χ0) is 11.4. The number of hydrogen-bond acceptors (Lipinski definition) is 3. The number of Topliss-reactive ketones (excluding diaryl/α,β-unsaturated/α-hetero) is 1. The van der Waals surface area contributed by atoms with Crippen molar-refractivity contribution in [1.29, 1.82) is 0 Å². The van der Waals surface area contributed by atoms with Crippen molar-refractivity contribution in [2.45, 2.75) is 31.8 Å². The van der Waals surface area contributed by atoms with Crippen LogP contribution in [0.3, 0.4) is 0 Å². The van der Waals surface area contributed by atoms with Crippen molar-refractivity contribution in [2.24, 2.45) is 0 Å². The minimum absolute atomic E-state index is 0.100. The molecule has 0 N–H and O–H groups in total. The van der Waals surface area contributed by atoms with Crippen LogP contribution in [-0.4, -0.2) is 23.5 Å². The van der Waals surface area contributed by atoms with Gasteiger partial charge in [0.05, 0.1) is 6.10 Å². The van der Waals surface area contributed by atoms with Crippen LogP contribution in [0.15, 0.2) is 22.8 Å². The molecular weight excluding hydrogens is 270 g/mol. The van der Waals surface area contributed by atoms with Gasteiger partial charge in [-0.25, -0.2) is 0 Å². The molecule has 1 unspecified atom stereocenters. The van der Waals surface area contributed by atoms with E-state index in [9.17, 15) is 4.79 Å². The Morgan fingerprint density at radius 1 is 1.56 bits per heavy atom. The highest BCUT2D eigenvalue weighted by Gasteiger charge is 2.17. The third-order valence-corrected chi connectivity index (χ3v) is 3.20. The lowest BCUT2D eigenvalue weighted by molar-refractivity contribution is 0.0856. The van der Waals surface area contributed by atoms with Gasteiger partial charge in [-0.15, -0.1) is 0 Å². The summed E-state index contributed by atoms with van der Waals surface area (Å²) in [7, 11) is 0. The van der Waals surface area contributed by atoms with Gasteiger partial charge in [0.1, 0.15) is 5.69 Å². The van der Waals surface area contributed by atoms with Gasteiger partial charge in [0.15, 0.2) is 5.78 Å². The van der Waals surface area contributed by atoms with Crippen molar-refractivity contribution < 1.29 is 9.53 Å². The van der Waals surface area contributed by atoms with Crippen molar-refractivity contribution >= 4 is 21.7 Å². The summed E-state index contributed by atoms with van der Waals surface area (Å²) in [6, 6.07) is 3.59. The van der Waals surface area contributed by atoms with Gasteiger partial charge >= 0.3 is 0 Å². The van der Waals surface area contributed by atoms with Gasteiger partial charge < -0.3 is 4.74 Å². The fraction of sp³-hybridized carbons (Fsp3) is 0.500. The normalized spacial score (nSPS) is 19.9. The van der Waals surface area contributed by atoms with Crippen molar-refractivity contribution in [1.82, 2.24) is 4.98 Å². The maximum Gasteiger partial charge on any atom is 0.181 e. The van der Waals surface area contributed by atoms with Crippen LogP contribution in [0.25, 0.3) is 0 Å². The first kappa shape index (κ1) is 11.7. The van der Waals surface area contributed by atoms with E-state index in [0.29, 0.717) is 12.1 Å². The quantitative estimate of drug-likeness (QED) is 0.798. The molecule has 1 fully saturated rings. The Balaban J connectivity index is 1.85. The summed E-state index contributed by atoms with van der Waals surface area (Å²) in [6.07, 6.45) is 5.48. The van der Waals surface area contributed by atoms with Crippen LogP contribution in [0.5, 0.6) is 0 Å². The number of ketones is 1. The molecule has 86 valence electrons. The zero-order valence-corrected chi connectivity index (χ0v) is 10.6. The predicted molar refractivity (Wildman–Crippen MR) is 64.5 cm³/mol. The molecule has 0 radical (unpaired) electrons. The van der Waals surface area contributed by atoms with Gasteiger partial charge in [-0.3, -0.25) is 9.78 Å². The van der Waals surface area contributed by atoms with Crippen LogP contribution in [0, 0.1) is 0 Å². The van der Waals surface area contributed by atoms with Gasteiger partial charge in [0, 0.05) is 23.7 Å². The first-order valence-corrected chi connectivity index (χ1v) is 6.31. The van der Waals surface area contributed by atoms with Gasteiger partial charge in [-0.05, 0) is 47.3 Å². The molecule has 16 heavy (non-hydrogen) atoms. The number of ether oxygens (including phenoxy) is 1. The van der Waals surface area contributed by atoms with E-state index in [2.05, 4.69) is 20.9 Å². The van der Waals surface area contributed by atoms with Crippen LogP contribution < -0.4 is 0 Å². The molecule has 2 rings (SSSR count). The van der Waals surface area contributed by atoms with E-state index in [1.165, 1.54) is 0 Å². The molecular formula is C12H14BrNO2. The van der Waals surface area contributed by atoms with E-state index >= 15 is 0 Å². The fourth-order valence-electron chi connectivity index (χ4n) is 1.83. The van der Waals surface area contributed by atoms with E-state index in [0.717, 1.165) is 30.3 Å². The number of pyridine rings is 1. The first-order chi connectivity index (χ1) is 7.75. The first-order valence-electron chi connectivity index (χ1n) is 5.52. The fourth-order valence-corrected chi connectivity index (χ4v) is 2.07. The Labute approximate surface area is 103 Å². The Morgan fingerprint density at radius 2 is 2.44 bits per heavy atom. The Morgan fingerprint density at radius 3 is 3.06 bits per heavy atom. The van der Waals surface area contributed by atoms with Crippen LogP contribution in [0.4, 0.5) is 0 Å². The molecule has 4 heteroatoms. The highest BCUT2D eigenvalue weighted by Crippen LogP contribution is 2.18. The van der Waals surface area contributed by atoms with Crippen LogP contribution in [-0.2, 0) is 4.74 Å². The summed E-state index contributed by atoms with van der Waals surface area (Å²) >= 11 is 3.29. The van der Waals surface area contributed by atoms with E-state index in [1.54, 1.807) is 12.3 Å². The van der Waals surface area contributed by atoms with Crippen LogP contribution >= 0.6 is 15.9 Å². The van der Waals surface area contributed by atoms with Crippen molar-refractivity contribution in [2.75, 3.05) is 6.61 Å². The lowest BCUT2D eigenvalue weighted by Crippen LogP contribution is -2.09. The molecule has 0 spiro atoms. The molecule has 1 aromatic rings. The van der Waals surface area contributed by atoms with E-state index in [-0.39, 0.29) is 11.9 Å². The molecule has 1 aliphatic rings. The maximum atomic E-state index is 11.8. The largest absolute Gasteiger partial charge is 0.378 e. The van der Waals surface area contributed by atoms with Crippen LogP contribution in [0.2, 0.25) is 0 Å². The minimum Gasteiger partial charge on any atom is -0.378 e. The van der Waals surface area contributed by atoms with Gasteiger partial charge in [0.25, 0.3) is 0 Å². The number of aromatic nitrogens is 1. The van der Waals surface area contributed by atoms with Gasteiger partial charge in [0.2, 0.25) is 0 Å².